The van der Waals surface area contributed by atoms with Gasteiger partial charge in [0.25, 0.3) is 0 Å². The summed E-state index contributed by atoms with van der Waals surface area (Å²) >= 11 is 0. The van der Waals surface area contributed by atoms with Crippen molar-refractivity contribution in [1.29, 1.82) is 0 Å². The minimum atomic E-state index is 0.212. The lowest BCUT2D eigenvalue weighted by Gasteiger charge is -2.34. The number of aromatic nitrogens is 2. The summed E-state index contributed by atoms with van der Waals surface area (Å²) in [6, 6.07) is 0. The molecule has 1 N–H and O–H groups in total. The fourth-order valence-corrected chi connectivity index (χ4v) is 3.15. The molecule has 1 aromatic rings. The van der Waals surface area contributed by atoms with Crippen molar-refractivity contribution in [1.82, 2.24) is 9.97 Å². The van der Waals surface area contributed by atoms with E-state index in [1.807, 2.05) is 0 Å². The van der Waals surface area contributed by atoms with Crippen LogP contribution < -0.4 is 10.2 Å². The predicted molar refractivity (Wildman–Crippen MR) is 83.6 cm³/mol. The Morgan fingerprint density at radius 3 is 2.60 bits per heavy atom. The maximum Gasteiger partial charge on any atom is 0.137 e. The highest BCUT2D eigenvalue weighted by atomic mass is 15.3. The molecule has 4 nitrogen and oxygen atoms in total. The zero-order chi connectivity index (χ0) is 14.3. The summed E-state index contributed by atoms with van der Waals surface area (Å²) in [6.07, 6.45) is 4.99. The van der Waals surface area contributed by atoms with Gasteiger partial charge in [0.1, 0.15) is 17.5 Å². The molecule has 0 spiro atoms. The van der Waals surface area contributed by atoms with Gasteiger partial charge < -0.3 is 10.2 Å². The molecule has 0 unspecified atom stereocenters. The van der Waals surface area contributed by atoms with Gasteiger partial charge >= 0.3 is 0 Å². The Hall–Kier alpha value is -1.32. The lowest BCUT2D eigenvalue weighted by molar-refractivity contribution is 0.512. The fraction of sp³-hybridized carbons (Fsp3) is 0.750. The number of hydrogen-bond acceptors (Lipinski definition) is 4. The van der Waals surface area contributed by atoms with Crippen LogP contribution >= 0.6 is 0 Å². The van der Waals surface area contributed by atoms with Crippen LogP contribution in [0.25, 0.3) is 0 Å². The molecule has 1 aliphatic carbocycles. The van der Waals surface area contributed by atoms with Gasteiger partial charge in [-0.05, 0) is 53.4 Å². The molecule has 3 rings (SSSR count). The van der Waals surface area contributed by atoms with Gasteiger partial charge in [0, 0.05) is 30.1 Å². The largest absolute Gasteiger partial charge is 0.370 e. The van der Waals surface area contributed by atoms with Crippen LogP contribution in [-0.4, -0.2) is 28.6 Å². The van der Waals surface area contributed by atoms with Crippen LogP contribution in [0.15, 0.2) is 0 Å². The van der Waals surface area contributed by atoms with E-state index in [2.05, 4.69) is 37.9 Å². The SMILES string of the molecule is CCNc1nc(C2CC2)nc(N2CCCC2(C)C)c1C. The maximum atomic E-state index is 4.93. The molecule has 2 aliphatic rings. The number of nitrogens with zero attached hydrogens (tertiary/aromatic N) is 3. The Balaban J connectivity index is 2.04. The summed E-state index contributed by atoms with van der Waals surface area (Å²) in [5.41, 5.74) is 1.41. The minimum Gasteiger partial charge on any atom is -0.370 e. The molecular formula is C16H26N4. The van der Waals surface area contributed by atoms with Gasteiger partial charge in [-0.3, -0.25) is 0 Å². The van der Waals surface area contributed by atoms with Crippen molar-refractivity contribution in [2.24, 2.45) is 0 Å². The molecule has 0 amide bonds. The van der Waals surface area contributed by atoms with E-state index in [1.54, 1.807) is 0 Å². The van der Waals surface area contributed by atoms with Gasteiger partial charge in [-0.2, -0.15) is 0 Å². The first-order valence-corrected chi connectivity index (χ1v) is 7.93. The highest BCUT2D eigenvalue weighted by Gasteiger charge is 2.36. The Kier molecular flexibility index (Phi) is 3.35. The van der Waals surface area contributed by atoms with Gasteiger partial charge in [-0.15, -0.1) is 0 Å². The molecule has 0 bridgehead atoms. The van der Waals surface area contributed by atoms with Gasteiger partial charge in [-0.1, -0.05) is 0 Å². The molecule has 4 heteroatoms. The minimum absolute atomic E-state index is 0.212. The first kappa shape index (κ1) is 13.7. The van der Waals surface area contributed by atoms with E-state index >= 15 is 0 Å². The summed E-state index contributed by atoms with van der Waals surface area (Å²) in [5.74, 6) is 3.82. The third-order valence-electron chi connectivity index (χ3n) is 4.58. The predicted octanol–water partition coefficient (Wildman–Crippen LogP) is 3.47. The highest BCUT2D eigenvalue weighted by Crippen LogP contribution is 2.42. The Morgan fingerprint density at radius 2 is 2.05 bits per heavy atom. The van der Waals surface area contributed by atoms with Crippen LogP contribution in [0.5, 0.6) is 0 Å². The summed E-state index contributed by atoms with van der Waals surface area (Å²) in [7, 11) is 0. The standard InChI is InChI=1S/C16H26N4/c1-5-17-13-11(2)15(19-14(18-13)12-7-8-12)20-10-6-9-16(20,3)4/h12H,5-10H2,1-4H3,(H,17,18,19). The third-order valence-corrected chi connectivity index (χ3v) is 4.58. The van der Waals surface area contributed by atoms with Crippen molar-refractivity contribution in [3.05, 3.63) is 11.4 Å². The number of rotatable bonds is 4. The van der Waals surface area contributed by atoms with Gasteiger partial charge in [0.05, 0.1) is 0 Å². The van der Waals surface area contributed by atoms with E-state index < -0.39 is 0 Å². The molecule has 2 fully saturated rings. The molecular weight excluding hydrogens is 248 g/mol. The van der Waals surface area contributed by atoms with Crippen LogP contribution in [0.2, 0.25) is 0 Å². The second-order valence-electron chi connectivity index (χ2n) is 6.75. The van der Waals surface area contributed by atoms with E-state index in [0.29, 0.717) is 5.92 Å². The van der Waals surface area contributed by atoms with Crippen molar-refractivity contribution in [2.45, 2.75) is 64.8 Å². The normalized spacial score (nSPS) is 21.3. The molecule has 0 radical (unpaired) electrons. The topological polar surface area (TPSA) is 41.1 Å². The number of nitrogens with one attached hydrogen (secondary N) is 1. The van der Waals surface area contributed by atoms with Gasteiger partial charge in [0.15, 0.2) is 0 Å². The van der Waals surface area contributed by atoms with Gasteiger partial charge in [0.2, 0.25) is 0 Å². The average Bonchev–Trinajstić information content (AvgIpc) is 3.17. The van der Waals surface area contributed by atoms with Crippen molar-refractivity contribution in [3.8, 4) is 0 Å². The van der Waals surface area contributed by atoms with Crippen molar-refractivity contribution >= 4 is 11.6 Å². The van der Waals surface area contributed by atoms with E-state index in [1.165, 1.54) is 31.2 Å². The number of anilines is 2. The van der Waals surface area contributed by atoms with Crippen LogP contribution in [-0.2, 0) is 0 Å². The number of hydrogen-bond donors (Lipinski definition) is 1. The molecule has 20 heavy (non-hydrogen) atoms. The molecule has 1 aliphatic heterocycles. The summed E-state index contributed by atoms with van der Waals surface area (Å²) in [4.78, 5) is 12.2. The lowest BCUT2D eigenvalue weighted by Crippen LogP contribution is -2.39. The summed E-state index contributed by atoms with van der Waals surface area (Å²) in [5, 5.41) is 3.41. The Labute approximate surface area is 122 Å². The smallest absolute Gasteiger partial charge is 0.137 e. The van der Waals surface area contributed by atoms with Crippen molar-refractivity contribution in [2.75, 3.05) is 23.3 Å². The van der Waals surface area contributed by atoms with Crippen molar-refractivity contribution in [3.63, 3.8) is 0 Å². The fourth-order valence-electron chi connectivity index (χ4n) is 3.15. The molecule has 0 aromatic carbocycles. The molecule has 1 saturated heterocycles. The zero-order valence-electron chi connectivity index (χ0n) is 13.2. The molecule has 2 heterocycles. The average molecular weight is 274 g/mol. The van der Waals surface area contributed by atoms with E-state index in [-0.39, 0.29) is 5.54 Å². The second kappa shape index (κ2) is 4.90. The van der Waals surface area contributed by atoms with Crippen LogP contribution in [0.4, 0.5) is 11.6 Å². The van der Waals surface area contributed by atoms with Crippen LogP contribution in [0, 0.1) is 6.92 Å². The van der Waals surface area contributed by atoms with Crippen LogP contribution in [0.3, 0.4) is 0 Å². The molecule has 1 saturated carbocycles. The summed E-state index contributed by atoms with van der Waals surface area (Å²) < 4.78 is 0. The van der Waals surface area contributed by atoms with E-state index in [4.69, 9.17) is 9.97 Å². The first-order valence-electron chi connectivity index (χ1n) is 7.93. The highest BCUT2D eigenvalue weighted by molar-refractivity contribution is 5.60. The monoisotopic (exact) mass is 274 g/mol. The van der Waals surface area contributed by atoms with E-state index in [0.717, 1.165) is 30.5 Å². The van der Waals surface area contributed by atoms with Crippen LogP contribution in [0.1, 0.15) is 63.8 Å². The lowest BCUT2D eigenvalue weighted by atomic mass is 10.0. The second-order valence-corrected chi connectivity index (χ2v) is 6.75. The van der Waals surface area contributed by atoms with Crippen molar-refractivity contribution < 1.29 is 0 Å². The maximum absolute atomic E-state index is 4.93. The molecule has 0 atom stereocenters. The first-order chi connectivity index (χ1) is 9.53. The molecule has 1 aromatic heterocycles. The summed E-state index contributed by atoms with van der Waals surface area (Å²) in [6.45, 7) is 10.9. The quantitative estimate of drug-likeness (QED) is 0.912. The Morgan fingerprint density at radius 1 is 1.30 bits per heavy atom. The zero-order valence-corrected chi connectivity index (χ0v) is 13.2. The van der Waals surface area contributed by atoms with Gasteiger partial charge in [-0.25, -0.2) is 9.97 Å². The van der Waals surface area contributed by atoms with E-state index in [9.17, 15) is 0 Å². The third kappa shape index (κ3) is 2.36. The Bertz CT molecular complexity index is 505. The molecule has 110 valence electrons.